The predicted molar refractivity (Wildman–Crippen MR) is 42.6 cm³/mol. The Balaban J connectivity index is 3.03. The van der Waals surface area contributed by atoms with Crippen molar-refractivity contribution in [2.24, 2.45) is 0 Å². The van der Waals surface area contributed by atoms with Gasteiger partial charge in [0.2, 0.25) is 0 Å². The highest BCUT2D eigenvalue weighted by atomic mass is 35.5. The van der Waals surface area contributed by atoms with Crippen LogP contribution in [0, 0.1) is 0 Å². The maximum Gasteiger partial charge on any atom is 0.0127 e. The van der Waals surface area contributed by atoms with Gasteiger partial charge in [0, 0.05) is 10.8 Å². The smallest absolute Gasteiger partial charge is 0.0127 e. The van der Waals surface area contributed by atoms with Gasteiger partial charge >= 0.3 is 0 Å². The monoisotopic (exact) mass is 150 g/mol. The molecule has 0 rings (SSSR count). The minimum absolute atomic E-state index is 0.894. The van der Waals surface area contributed by atoms with Crippen molar-refractivity contribution in [3.63, 3.8) is 0 Å². The van der Waals surface area contributed by atoms with E-state index in [0.717, 1.165) is 10.8 Å². The van der Waals surface area contributed by atoms with Crippen LogP contribution in [0.25, 0.3) is 0 Å². The van der Waals surface area contributed by atoms with E-state index < -0.39 is 0 Å². The van der Waals surface area contributed by atoms with Crippen LogP contribution in [0.5, 0.6) is 0 Å². The molecule has 0 aromatic carbocycles. The van der Waals surface area contributed by atoms with Crippen LogP contribution < -0.4 is 0 Å². The molecule has 48 valence electrons. The molecule has 0 aromatic heterocycles. The maximum absolute atomic E-state index is 5.56. The van der Waals surface area contributed by atoms with E-state index in [4.69, 9.17) is 11.6 Å². The average molecular weight is 151 g/mol. The van der Waals surface area contributed by atoms with Gasteiger partial charge in [-0.25, -0.2) is 0 Å². The highest BCUT2D eigenvalue weighted by Crippen LogP contribution is 2.03. The molecule has 0 atom stereocenters. The molecular weight excluding hydrogens is 140 g/mol. The highest BCUT2D eigenvalue weighted by molar-refractivity contribution is 7.99. The van der Waals surface area contributed by atoms with Gasteiger partial charge in [0.25, 0.3) is 0 Å². The van der Waals surface area contributed by atoms with Crippen molar-refractivity contribution in [2.45, 2.75) is 13.8 Å². The third-order valence-electron chi connectivity index (χ3n) is 0.687. The lowest BCUT2D eigenvalue weighted by Gasteiger charge is -1.88. The lowest BCUT2D eigenvalue weighted by molar-refractivity contribution is 1.51. The first-order valence-corrected chi connectivity index (χ1v) is 4.20. The van der Waals surface area contributed by atoms with Gasteiger partial charge < -0.3 is 0 Å². The molecule has 0 aliphatic heterocycles. The van der Waals surface area contributed by atoms with Gasteiger partial charge in [0.15, 0.2) is 0 Å². The molecule has 0 radical (unpaired) electrons. The van der Waals surface area contributed by atoms with Crippen LogP contribution >= 0.6 is 23.4 Å². The Labute approximate surface area is 60.3 Å². The minimum Gasteiger partial charge on any atom is -0.158 e. The van der Waals surface area contributed by atoms with Gasteiger partial charge in [0.1, 0.15) is 0 Å². The Kier molecular flexibility index (Phi) is 5.78. The van der Waals surface area contributed by atoms with Crippen LogP contribution in [0.4, 0.5) is 0 Å². The van der Waals surface area contributed by atoms with Crippen molar-refractivity contribution in [3.05, 3.63) is 11.1 Å². The Morgan fingerprint density at radius 2 is 2.38 bits per heavy atom. The van der Waals surface area contributed by atoms with Gasteiger partial charge in [-0.15, -0.1) is 0 Å². The van der Waals surface area contributed by atoms with Gasteiger partial charge in [0.05, 0.1) is 0 Å². The molecule has 0 saturated carbocycles. The summed E-state index contributed by atoms with van der Waals surface area (Å²) in [6.07, 6.45) is 2.02. The molecule has 0 aromatic rings. The molecule has 0 N–H and O–H groups in total. The minimum atomic E-state index is 0.894. The molecule has 0 nitrogen and oxygen atoms in total. The summed E-state index contributed by atoms with van der Waals surface area (Å²) in [5.74, 6) is 2.21. The molecular formula is C6H11ClS. The second kappa shape index (κ2) is 5.52. The van der Waals surface area contributed by atoms with Crippen LogP contribution in [-0.4, -0.2) is 11.5 Å². The summed E-state index contributed by atoms with van der Waals surface area (Å²) in [7, 11) is 0. The van der Waals surface area contributed by atoms with Crippen LogP contribution in [0.2, 0.25) is 0 Å². The Hall–Kier alpha value is 0.380. The first-order chi connectivity index (χ1) is 3.77. The zero-order valence-corrected chi connectivity index (χ0v) is 6.85. The molecule has 0 spiro atoms. The fourth-order valence-electron chi connectivity index (χ4n) is 0.292. The van der Waals surface area contributed by atoms with Crippen molar-refractivity contribution < 1.29 is 0 Å². The summed E-state index contributed by atoms with van der Waals surface area (Å²) in [5, 5.41) is 0.894. The molecule has 2 heteroatoms. The molecule has 8 heavy (non-hydrogen) atoms. The van der Waals surface area contributed by atoms with E-state index in [2.05, 4.69) is 6.92 Å². The zero-order valence-electron chi connectivity index (χ0n) is 5.28. The lowest BCUT2D eigenvalue weighted by Crippen LogP contribution is -1.71. The molecule has 0 bridgehead atoms. The molecule has 0 saturated heterocycles. The van der Waals surface area contributed by atoms with Crippen molar-refractivity contribution in [1.29, 1.82) is 0 Å². The fraction of sp³-hybridized carbons (Fsp3) is 0.667. The number of rotatable bonds is 3. The highest BCUT2D eigenvalue weighted by Gasteiger charge is 1.79. The average Bonchev–Trinajstić information content (AvgIpc) is 1.66. The first-order valence-electron chi connectivity index (χ1n) is 2.67. The van der Waals surface area contributed by atoms with Crippen LogP contribution in [-0.2, 0) is 0 Å². The van der Waals surface area contributed by atoms with E-state index in [-0.39, 0.29) is 0 Å². The topological polar surface area (TPSA) is 0 Å². The summed E-state index contributed by atoms with van der Waals surface area (Å²) in [5.41, 5.74) is 0. The number of allylic oxidation sites excluding steroid dienone is 1. The second-order valence-electron chi connectivity index (χ2n) is 1.45. The Morgan fingerprint density at radius 1 is 1.75 bits per heavy atom. The number of hydrogen-bond acceptors (Lipinski definition) is 1. The van der Waals surface area contributed by atoms with Crippen LogP contribution in [0.3, 0.4) is 0 Å². The van der Waals surface area contributed by atoms with E-state index in [0.29, 0.717) is 0 Å². The van der Waals surface area contributed by atoms with Gasteiger partial charge in [-0.05, 0) is 12.7 Å². The third-order valence-corrected chi connectivity index (χ3v) is 1.65. The van der Waals surface area contributed by atoms with E-state index in [9.17, 15) is 0 Å². The van der Waals surface area contributed by atoms with E-state index in [1.807, 2.05) is 24.8 Å². The van der Waals surface area contributed by atoms with Gasteiger partial charge in [-0.1, -0.05) is 24.6 Å². The summed E-state index contributed by atoms with van der Waals surface area (Å²) in [4.78, 5) is 0. The second-order valence-corrected chi connectivity index (χ2v) is 3.37. The first kappa shape index (κ1) is 8.38. The van der Waals surface area contributed by atoms with Crippen molar-refractivity contribution in [3.8, 4) is 0 Å². The number of hydrogen-bond donors (Lipinski definition) is 0. The van der Waals surface area contributed by atoms with E-state index in [1.54, 1.807) is 0 Å². The van der Waals surface area contributed by atoms with Gasteiger partial charge in [-0.3, -0.25) is 0 Å². The summed E-state index contributed by atoms with van der Waals surface area (Å²) < 4.78 is 0. The van der Waals surface area contributed by atoms with E-state index in [1.165, 1.54) is 5.75 Å². The maximum atomic E-state index is 5.56. The molecule has 0 fully saturated rings. The van der Waals surface area contributed by atoms with Crippen molar-refractivity contribution in [1.82, 2.24) is 0 Å². The van der Waals surface area contributed by atoms with Crippen molar-refractivity contribution in [2.75, 3.05) is 11.5 Å². The third kappa shape index (κ3) is 6.38. The molecule has 0 heterocycles. The number of halogens is 1. The quantitative estimate of drug-likeness (QED) is 0.558. The van der Waals surface area contributed by atoms with E-state index >= 15 is 0 Å². The lowest BCUT2D eigenvalue weighted by atomic mass is 10.6. The standard InChI is InChI=1S/C6H11ClS/c1-3-8-5-4-6(2)7/h4H,3,5H2,1-2H3/b6-4+. The summed E-state index contributed by atoms with van der Waals surface area (Å²) >= 11 is 7.44. The molecule has 0 amide bonds. The molecule has 0 aliphatic rings. The predicted octanol–water partition coefficient (Wildman–Crippen LogP) is 2.88. The van der Waals surface area contributed by atoms with Crippen LogP contribution in [0.1, 0.15) is 13.8 Å². The molecule has 0 aliphatic carbocycles. The van der Waals surface area contributed by atoms with Crippen LogP contribution in [0.15, 0.2) is 11.1 Å². The van der Waals surface area contributed by atoms with Gasteiger partial charge in [-0.2, -0.15) is 11.8 Å². The SMILES string of the molecule is CCSC/C=C(\C)Cl. The number of thioether (sulfide) groups is 1. The Bertz CT molecular complexity index is 74.6. The van der Waals surface area contributed by atoms with Crippen molar-refractivity contribution >= 4 is 23.4 Å². The Morgan fingerprint density at radius 3 is 2.75 bits per heavy atom. The largest absolute Gasteiger partial charge is 0.158 e. The zero-order chi connectivity index (χ0) is 6.41. The molecule has 0 unspecified atom stereocenters. The fourth-order valence-corrected chi connectivity index (χ4v) is 1.06. The summed E-state index contributed by atoms with van der Waals surface area (Å²) in [6.45, 7) is 4.04. The summed E-state index contributed by atoms with van der Waals surface area (Å²) in [6, 6.07) is 0. The normalized spacial score (nSPS) is 12.1.